The summed E-state index contributed by atoms with van der Waals surface area (Å²) in [6.07, 6.45) is 3.33. The zero-order chi connectivity index (χ0) is 15.3. The standard InChI is InChI=1S/C14H16N6O2/c1-2-9-5-10(12-17-15-8-20(12)18-9)19-4-3-14(7-19)6-11(21)16-13(14)22/h5,8H,2-4,6-7H2,1H3,(H,16,21,22). The number of aryl methyl sites for hydroxylation is 1. The molecule has 0 aliphatic carbocycles. The van der Waals surface area contributed by atoms with Crippen LogP contribution in [0.5, 0.6) is 0 Å². The van der Waals surface area contributed by atoms with Crippen molar-refractivity contribution in [2.75, 3.05) is 18.0 Å². The second-order valence-corrected chi connectivity index (χ2v) is 5.98. The predicted octanol–water partition coefficient (Wildman–Crippen LogP) is -0.0703. The Labute approximate surface area is 126 Å². The molecule has 0 radical (unpaired) electrons. The van der Waals surface area contributed by atoms with Crippen molar-refractivity contribution < 1.29 is 9.59 Å². The highest BCUT2D eigenvalue weighted by atomic mass is 16.2. The molecule has 1 atom stereocenters. The SMILES string of the molecule is CCc1cc(N2CCC3(CC(=O)NC3=O)C2)c2nncn2n1. The molecule has 0 aromatic carbocycles. The quantitative estimate of drug-likeness (QED) is 0.781. The van der Waals surface area contributed by atoms with Gasteiger partial charge in [-0.15, -0.1) is 10.2 Å². The fraction of sp³-hybridized carbons (Fsp3) is 0.500. The molecule has 4 heterocycles. The van der Waals surface area contributed by atoms with Gasteiger partial charge < -0.3 is 4.90 Å². The van der Waals surface area contributed by atoms with Crippen molar-refractivity contribution in [3.8, 4) is 0 Å². The first-order valence-corrected chi connectivity index (χ1v) is 7.40. The van der Waals surface area contributed by atoms with Crippen LogP contribution >= 0.6 is 0 Å². The number of aromatic nitrogens is 4. The lowest BCUT2D eigenvalue weighted by molar-refractivity contribution is -0.127. The van der Waals surface area contributed by atoms with E-state index in [4.69, 9.17) is 0 Å². The molecule has 2 aliphatic heterocycles. The lowest BCUT2D eigenvalue weighted by atomic mass is 9.85. The number of anilines is 1. The van der Waals surface area contributed by atoms with Crippen LogP contribution in [0.2, 0.25) is 0 Å². The van der Waals surface area contributed by atoms with E-state index in [9.17, 15) is 9.59 Å². The van der Waals surface area contributed by atoms with Crippen LogP contribution in [0, 0.1) is 5.41 Å². The Morgan fingerprint density at radius 3 is 3.00 bits per heavy atom. The van der Waals surface area contributed by atoms with Gasteiger partial charge in [-0.1, -0.05) is 6.92 Å². The number of nitrogens with zero attached hydrogens (tertiary/aromatic N) is 5. The van der Waals surface area contributed by atoms with Crippen molar-refractivity contribution in [1.82, 2.24) is 25.1 Å². The Balaban J connectivity index is 1.73. The molecule has 4 rings (SSSR count). The van der Waals surface area contributed by atoms with Crippen LogP contribution in [0.4, 0.5) is 5.69 Å². The third-order valence-corrected chi connectivity index (χ3v) is 4.59. The second-order valence-electron chi connectivity index (χ2n) is 5.98. The van der Waals surface area contributed by atoms with E-state index >= 15 is 0 Å². The van der Waals surface area contributed by atoms with Crippen molar-refractivity contribution in [2.45, 2.75) is 26.2 Å². The summed E-state index contributed by atoms with van der Waals surface area (Å²) in [4.78, 5) is 25.8. The van der Waals surface area contributed by atoms with Gasteiger partial charge in [-0.2, -0.15) is 9.61 Å². The molecule has 0 bridgehead atoms. The van der Waals surface area contributed by atoms with E-state index < -0.39 is 5.41 Å². The molecule has 1 spiro atoms. The Kier molecular flexibility index (Phi) is 2.69. The summed E-state index contributed by atoms with van der Waals surface area (Å²) in [5.74, 6) is -0.328. The molecule has 22 heavy (non-hydrogen) atoms. The first-order chi connectivity index (χ1) is 10.6. The molecule has 8 heteroatoms. The minimum Gasteiger partial charge on any atom is -0.367 e. The van der Waals surface area contributed by atoms with Gasteiger partial charge in [0.15, 0.2) is 0 Å². The van der Waals surface area contributed by atoms with Gasteiger partial charge in [-0.05, 0) is 18.9 Å². The zero-order valence-corrected chi connectivity index (χ0v) is 12.2. The van der Waals surface area contributed by atoms with E-state index in [2.05, 4.69) is 25.5 Å². The maximum Gasteiger partial charge on any atom is 0.235 e. The van der Waals surface area contributed by atoms with Crippen LogP contribution in [0.1, 0.15) is 25.5 Å². The molecule has 1 unspecified atom stereocenters. The number of imide groups is 1. The van der Waals surface area contributed by atoms with Gasteiger partial charge in [0, 0.05) is 19.5 Å². The van der Waals surface area contributed by atoms with E-state index in [-0.39, 0.29) is 18.2 Å². The van der Waals surface area contributed by atoms with Crippen LogP contribution in [-0.4, -0.2) is 44.7 Å². The first-order valence-electron chi connectivity index (χ1n) is 7.40. The Morgan fingerprint density at radius 1 is 1.41 bits per heavy atom. The van der Waals surface area contributed by atoms with Crippen LogP contribution in [0.3, 0.4) is 0 Å². The topological polar surface area (TPSA) is 92.5 Å². The normalized spacial score (nSPS) is 24.7. The molecule has 2 amide bonds. The van der Waals surface area contributed by atoms with Gasteiger partial charge in [0.1, 0.15) is 6.33 Å². The molecule has 0 saturated carbocycles. The molecule has 114 valence electrons. The third-order valence-electron chi connectivity index (χ3n) is 4.59. The van der Waals surface area contributed by atoms with Gasteiger partial charge in [0.25, 0.3) is 0 Å². The lowest BCUT2D eigenvalue weighted by Gasteiger charge is -2.22. The maximum absolute atomic E-state index is 12.1. The summed E-state index contributed by atoms with van der Waals surface area (Å²) >= 11 is 0. The molecular weight excluding hydrogens is 284 g/mol. The summed E-state index contributed by atoms with van der Waals surface area (Å²) in [6.45, 7) is 3.29. The van der Waals surface area contributed by atoms with Crippen molar-refractivity contribution in [2.24, 2.45) is 5.41 Å². The fourth-order valence-corrected chi connectivity index (χ4v) is 3.37. The van der Waals surface area contributed by atoms with Crippen LogP contribution in [0.25, 0.3) is 5.65 Å². The van der Waals surface area contributed by atoms with Crippen molar-refractivity contribution in [3.05, 3.63) is 18.1 Å². The average molecular weight is 300 g/mol. The number of hydrogen-bond donors (Lipinski definition) is 1. The molecule has 2 saturated heterocycles. The monoisotopic (exact) mass is 300 g/mol. The minimum atomic E-state index is -0.594. The molecule has 2 aromatic rings. The highest BCUT2D eigenvalue weighted by Gasteiger charge is 2.51. The molecule has 2 aliphatic rings. The molecule has 1 N–H and O–H groups in total. The van der Waals surface area contributed by atoms with Gasteiger partial charge in [0.05, 0.1) is 16.8 Å². The van der Waals surface area contributed by atoms with E-state index in [0.29, 0.717) is 18.6 Å². The number of carbonyl (C=O) groups excluding carboxylic acids is 2. The van der Waals surface area contributed by atoms with Gasteiger partial charge in [-0.3, -0.25) is 14.9 Å². The summed E-state index contributed by atoms with van der Waals surface area (Å²) < 4.78 is 1.67. The summed E-state index contributed by atoms with van der Waals surface area (Å²) in [5, 5.41) is 14.9. The number of hydrogen-bond acceptors (Lipinski definition) is 6. The number of nitrogens with one attached hydrogen (secondary N) is 1. The largest absolute Gasteiger partial charge is 0.367 e. The van der Waals surface area contributed by atoms with Crippen LogP contribution < -0.4 is 10.2 Å². The highest BCUT2D eigenvalue weighted by molar-refractivity contribution is 6.06. The van der Waals surface area contributed by atoms with E-state index in [0.717, 1.165) is 24.3 Å². The summed E-state index contributed by atoms with van der Waals surface area (Å²) in [6, 6.07) is 2.00. The molecule has 8 nitrogen and oxygen atoms in total. The van der Waals surface area contributed by atoms with E-state index in [1.54, 1.807) is 10.8 Å². The van der Waals surface area contributed by atoms with Gasteiger partial charge in [0.2, 0.25) is 17.5 Å². The smallest absolute Gasteiger partial charge is 0.235 e. The van der Waals surface area contributed by atoms with E-state index in [1.807, 2.05) is 13.0 Å². The number of amides is 2. The third kappa shape index (κ3) is 1.79. The fourth-order valence-electron chi connectivity index (χ4n) is 3.37. The Bertz CT molecular complexity index is 785. The predicted molar refractivity (Wildman–Crippen MR) is 77.2 cm³/mol. The van der Waals surface area contributed by atoms with Crippen molar-refractivity contribution in [1.29, 1.82) is 0 Å². The number of carbonyl (C=O) groups is 2. The average Bonchev–Trinajstić information content (AvgIpc) is 3.18. The number of rotatable bonds is 2. The summed E-state index contributed by atoms with van der Waals surface area (Å²) in [7, 11) is 0. The lowest BCUT2D eigenvalue weighted by Crippen LogP contribution is -2.34. The minimum absolute atomic E-state index is 0.151. The van der Waals surface area contributed by atoms with Gasteiger partial charge >= 0.3 is 0 Å². The first kappa shape index (κ1) is 13.2. The Hall–Kier alpha value is -2.51. The molecular formula is C14H16N6O2. The Morgan fingerprint density at radius 2 is 2.27 bits per heavy atom. The van der Waals surface area contributed by atoms with E-state index in [1.165, 1.54) is 0 Å². The molecule has 2 fully saturated rings. The molecule has 2 aromatic heterocycles. The zero-order valence-electron chi connectivity index (χ0n) is 12.2. The van der Waals surface area contributed by atoms with Crippen molar-refractivity contribution in [3.63, 3.8) is 0 Å². The highest BCUT2D eigenvalue weighted by Crippen LogP contribution is 2.40. The second kappa shape index (κ2) is 4.49. The van der Waals surface area contributed by atoms with Crippen LogP contribution in [-0.2, 0) is 16.0 Å². The van der Waals surface area contributed by atoms with Crippen molar-refractivity contribution >= 4 is 23.1 Å². The van der Waals surface area contributed by atoms with Crippen LogP contribution in [0.15, 0.2) is 12.4 Å². The van der Waals surface area contributed by atoms with Gasteiger partial charge in [-0.25, -0.2) is 0 Å². The number of fused-ring (bicyclic) bond motifs is 1. The summed E-state index contributed by atoms with van der Waals surface area (Å²) in [5.41, 5.74) is 1.95. The maximum atomic E-state index is 12.1.